The molecule has 2 aromatic heterocycles. The van der Waals surface area contributed by atoms with E-state index in [9.17, 15) is 14.0 Å². The van der Waals surface area contributed by atoms with Gasteiger partial charge in [0.2, 0.25) is 5.91 Å². The summed E-state index contributed by atoms with van der Waals surface area (Å²) in [4.78, 5) is 36.4. The van der Waals surface area contributed by atoms with E-state index in [2.05, 4.69) is 20.2 Å². The first-order chi connectivity index (χ1) is 15.9. The first-order valence-corrected chi connectivity index (χ1v) is 10.9. The highest BCUT2D eigenvalue weighted by Crippen LogP contribution is 2.24. The molecule has 170 valence electrons. The van der Waals surface area contributed by atoms with Crippen LogP contribution in [0.25, 0.3) is 11.1 Å². The molecular weight excluding hydrogens is 421 g/mol. The summed E-state index contributed by atoms with van der Waals surface area (Å²) in [5, 5.41) is 2.81. The minimum Gasteiger partial charge on any atom is -0.353 e. The van der Waals surface area contributed by atoms with Crippen molar-refractivity contribution in [2.24, 2.45) is 0 Å². The van der Waals surface area contributed by atoms with Crippen LogP contribution in [0.3, 0.4) is 0 Å². The van der Waals surface area contributed by atoms with E-state index in [1.54, 1.807) is 37.4 Å². The van der Waals surface area contributed by atoms with E-state index >= 15 is 0 Å². The van der Waals surface area contributed by atoms with Gasteiger partial charge in [0.1, 0.15) is 11.6 Å². The van der Waals surface area contributed by atoms with E-state index in [1.165, 1.54) is 12.3 Å². The molecule has 2 amide bonds. The number of nitrogens with zero attached hydrogens (tertiary/aromatic N) is 4. The Kier molecular flexibility index (Phi) is 6.63. The van der Waals surface area contributed by atoms with Crippen molar-refractivity contribution in [1.82, 2.24) is 20.2 Å². The van der Waals surface area contributed by atoms with Crippen molar-refractivity contribution < 1.29 is 14.0 Å². The van der Waals surface area contributed by atoms with Crippen LogP contribution >= 0.6 is 0 Å². The molecule has 1 aliphatic heterocycles. The number of rotatable bonds is 5. The van der Waals surface area contributed by atoms with Gasteiger partial charge in [0.15, 0.2) is 0 Å². The zero-order chi connectivity index (χ0) is 23.4. The molecule has 1 N–H and O–H groups in total. The highest BCUT2D eigenvalue weighted by Gasteiger charge is 2.19. The lowest BCUT2D eigenvalue weighted by molar-refractivity contribution is -0.129. The van der Waals surface area contributed by atoms with E-state index in [0.717, 1.165) is 17.1 Å². The molecule has 1 saturated heterocycles. The molecule has 0 saturated carbocycles. The summed E-state index contributed by atoms with van der Waals surface area (Å²) in [6, 6.07) is 12.1. The molecule has 8 heteroatoms. The number of amides is 2. The molecule has 0 aliphatic carbocycles. The molecule has 4 rings (SSSR count). The average Bonchev–Trinajstić information content (AvgIpc) is 2.83. The number of aryl methyl sites for hydroxylation is 1. The fourth-order valence-electron chi connectivity index (χ4n) is 3.86. The fourth-order valence-corrected chi connectivity index (χ4v) is 3.86. The SMILES string of the molecule is CC(=O)N1CCN(c2ccc(C(=O)NCc3ccc(-c4ccnc(C)c4)c(F)c3)cn2)CC1. The molecule has 0 radical (unpaired) electrons. The summed E-state index contributed by atoms with van der Waals surface area (Å²) in [7, 11) is 0. The molecule has 0 bridgehead atoms. The Morgan fingerprint density at radius 1 is 1.03 bits per heavy atom. The number of carbonyl (C=O) groups is 2. The summed E-state index contributed by atoms with van der Waals surface area (Å²) in [6.07, 6.45) is 3.20. The predicted molar refractivity (Wildman–Crippen MR) is 124 cm³/mol. The van der Waals surface area contributed by atoms with Crippen LogP contribution in [0.1, 0.15) is 28.5 Å². The quantitative estimate of drug-likeness (QED) is 0.650. The predicted octanol–water partition coefficient (Wildman–Crippen LogP) is 3.19. The molecule has 0 unspecified atom stereocenters. The highest BCUT2D eigenvalue weighted by atomic mass is 19.1. The van der Waals surface area contributed by atoms with Crippen LogP contribution in [0, 0.1) is 12.7 Å². The third-order valence-electron chi connectivity index (χ3n) is 5.75. The molecule has 1 fully saturated rings. The third-order valence-corrected chi connectivity index (χ3v) is 5.75. The van der Waals surface area contributed by atoms with E-state index in [1.807, 2.05) is 24.0 Å². The van der Waals surface area contributed by atoms with Crippen molar-refractivity contribution in [3.05, 3.63) is 77.5 Å². The first-order valence-electron chi connectivity index (χ1n) is 10.9. The number of pyridine rings is 2. The van der Waals surface area contributed by atoms with Gasteiger partial charge in [0.25, 0.3) is 5.91 Å². The summed E-state index contributed by atoms with van der Waals surface area (Å²) in [5.74, 6) is 0.239. The highest BCUT2D eigenvalue weighted by molar-refractivity contribution is 5.94. The largest absolute Gasteiger partial charge is 0.353 e. The average molecular weight is 448 g/mol. The van der Waals surface area contributed by atoms with Crippen LogP contribution in [0.5, 0.6) is 0 Å². The standard InChI is InChI=1S/C25H26FN5O2/c1-17-13-20(7-8-27-17)22-5-3-19(14-23(22)26)15-29-25(33)21-4-6-24(28-16-21)31-11-9-30(10-12-31)18(2)32/h3-8,13-14,16H,9-12,15H2,1-2H3,(H,29,33). The van der Waals surface area contributed by atoms with E-state index in [-0.39, 0.29) is 24.2 Å². The number of hydrogen-bond donors (Lipinski definition) is 1. The maximum atomic E-state index is 14.6. The number of halogens is 1. The van der Waals surface area contributed by atoms with Crippen molar-refractivity contribution in [2.45, 2.75) is 20.4 Å². The van der Waals surface area contributed by atoms with E-state index < -0.39 is 0 Å². The Hall–Kier alpha value is -3.81. The third kappa shape index (κ3) is 5.34. The van der Waals surface area contributed by atoms with Crippen molar-refractivity contribution in [3.8, 4) is 11.1 Å². The zero-order valence-electron chi connectivity index (χ0n) is 18.7. The van der Waals surface area contributed by atoms with Gasteiger partial charge >= 0.3 is 0 Å². The number of piperazine rings is 1. The lowest BCUT2D eigenvalue weighted by atomic mass is 10.0. The smallest absolute Gasteiger partial charge is 0.253 e. The molecule has 33 heavy (non-hydrogen) atoms. The Bertz CT molecular complexity index is 1160. The van der Waals surface area contributed by atoms with Gasteiger partial charge in [-0.1, -0.05) is 12.1 Å². The molecule has 3 heterocycles. The van der Waals surface area contributed by atoms with Gasteiger partial charge in [0, 0.05) is 63.3 Å². The van der Waals surface area contributed by atoms with Gasteiger partial charge in [-0.3, -0.25) is 14.6 Å². The van der Waals surface area contributed by atoms with Crippen molar-refractivity contribution in [1.29, 1.82) is 0 Å². The van der Waals surface area contributed by atoms with Crippen LogP contribution in [0.15, 0.2) is 54.9 Å². The number of nitrogens with one attached hydrogen (secondary N) is 1. The lowest BCUT2D eigenvalue weighted by Gasteiger charge is -2.34. The van der Waals surface area contributed by atoms with Gasteiger partial charge in [-0.25, -0.2) is 9.37 Å². The van der Waals surface area contributed by atoms with Crippen LogP contribution in [-0.4, -0.2) is 52.9 Å². The second-order valence-corrected chi connectivity index (χ2v) is 8.08. The Labute approximate surface area is 192 Å². The number of carbonyl (C=O) groups excluding carboxylic acids is 2. The second-order valence-electron chi connectivity index (χ2n) is 8.08. The van der Waals surface area contributed by atoms with E-state index in [0.29, 0.717) is 42.9 Å². The fraction of sp³-hybridized carbons (Fsp3) is 0.280. The number of anilines is 1. The normalized spacial score (nSPS) is 13.7. The van der Waals surface area contributed by atoms with Gasteiger partial charge in [-0.2, -0.15) is 0 Å². The molecule has 0 spiro atoms. The summed E-state index contributed by atoms with van der Waals surface area (Å²) in [6.45, 7) is 6.38. The Balaban J connectivity index is 1.34. The van der Waals surface area contributed by atoms with Crippen molar-refractivity contribution in [3.63, 3.8) is 0 Å². The topological polar surface area (TPSA) is 78.4 Å². The molecule has 7 nitrogen and oxygen atoms in total. The van der Waals surface area contributed by atoms with Crippen molar-refractivity contribution in [2.75, 3.05) is 31.1 Å². The van der Waals surface area contributed by atoms with Gasteiger partial charge in [0.05, 0.1) is 5.56 Å². The summed E-state index contributed by atoms with van der Waals surface area (Å²) < 4.78 is 14.6. The van der Waals surface area contributed by atoms with E-state index in [4.69, 9.17) is 0 Å². The van der Waals surface area contributed by atoms with Gasteiger partial charge < -0.3 is 15.1 Å². The van der Waals surface area contributed by atoms with Crippen LogP contribution in [0.2, 0.25) is 0 Å². The Morgan fingerprint density at radius 2 is 1.82 bits per heavy atom. The first kappa shape index (κ1) is 22.4. The lowest BCUT2D eigenvalue weighted by Crippen LogP contribution is -2.48. The number of benzene rings is 1. The molecule has 1 aromatic carbocycles. The minimum atomic E-state index is -0.344. The monoisotopic (exact) mass is 447 g/mol. The van der Waals surface area contributed by atoms with Gasteiger partial charge in [-0.05, 0) is 48.4 Å². The molecular formula is C25H26FN5O2. The summed E-state index contributed by atoms with van der Waals surface area (Å²) >= 11 is 0. The van der Waals surface area contributed by atoms with Crippen molar-refractivity contribution >= 4 is 17.6 Å². The molecule has 0 atom stereocenters. The van der Waals surface area contributed by atoms with Crippen LogP contribution < -0.4 is 10.2 Å². The summed E-state index contributed by atoms with van der Waals surface area (Å²) in [5.41, 5.74) is 3.19. The zero-order valence-corrected chi connectivity index (χ0v) is 18.7. The number of aromatic nitrogens is 2. The maximum absolute atomic E-state index is 14.6. The number of hydrogen-bond acceptors (Lipinski definition) is 5. The van der Waals surface area contributed by atoms with Crippen LogP contribution in [0.4, 0.5) is 10.2 Å². The molecule has 1 aliphatic rings. The maximum Gasteiger partial charge on any atom is 0.253 e. The van der Waals surface area contributed by atoms with Crippen LogP contribution in [-0.2, 0) is 11.3 Å². The van der Waals surface area contributed by atoms with Gasteiger partial charge in [-0.15, -0.1) is 0 Å². The second kappa shape index (κ2) is 9.77. The minimum absolute atomic E-state index is 0.0802. The Morgan fingerprint density at radius 3 is 2.45 bits per heavy atom. The molecule has 3 aromatic rings.